The average Bonchev–Trinajstić information content (AvgIpc) is 2.48. The second-order valence-corrected chi connectivity index (χ2v) is 4.73. The molecular weight excluding hydrogens is 268 g/mol. The number of carboxylic acids is 1. The summed E-state index contributed by atoms with van der Waals surface area (Å²) >= 11 is 0. The molecule has 0 saturated carbocycles. The van der Waals surface area contributed by atoms with Gasteiger partial charge in [0.25, 0.3) is 5.91 Å². The number of carbonyl (C=O) groups is 2. The monoisotopic (exact) mass is 290 g/mol. The van der Waals surface area contributed by atoms with Crippen molar-refractivity contribution >= 4 is 23.3 Å². The molecule has 0 fully saturated rings. The van der Waals surface area contributed by atoms with Crippen molar-refractivity contribution in [3.8, 4) is 0 Å². The summed E-state index contributed by atoms with van der Waals surface area (Å²) in [6.45, 7) is 8.93. The third-order valence-electron chi connectivity index (χ3n) is 3.48. The Bertz CT molecular complexity index is 543. The number of hydrogen-bond donors (Lipinski definition) is 2. The zero-order valence-electron chi connectivity index (χ0n) is 12.9. The molecule has 0 spiro atoms. The smallest absolute Gasteiger partial charge is 0.331 e. The van der Waals surface area contributed by atoms with Gasteiger partial charge in [-0.2, -0.15) is 0 Å². The number of amides is 1. The molecule has 21 heavy (non-hydrogen) atoms. The summed E-state index contributed by atoms with van der Waals surface area (Å²) in [5, 5.41) is 11.6. The summed E-state index contributed by atoms with van der Waals surface area (Å²) < 4.78 is 0. The lowest BCUT2D eigenvalue weighted by atomic mass is 10.1. The van der Waals surface area contributed by atoms with Crippen LogP contribution >= 0.6 is 0 Å². The fourth-order valence-corrected chi connectivity index (χ4v) is 1.90. The van der Waals surface area contributed by atoms with Gasteiger partial charge in [0.2, 0.25) is 0 Å². The van der Waals surface area contributed by atoms with Crippen molar-refractivity contribution in [2.24, 2.45) is 0 Å². The Hall–Kier alpha value is -2.30. The molecule has 0 aliphatic carbocycles. The van der Waals surface area contributed by atoms with Crippen molar-refractivity contribution in [3.05, 3.63) is 35.4 Å². The maximum Gasteiger partial charge on any atom is 0.331 e. The first-order valence-corrected chi connectivity index (χ1v) is 6.97. The van der Waals surface area contributed by atoms with E-state index in [9.17, 15) is 9.59 Å². The molecule has 0 saturated heterocycles. The van der Waals surface area contributed by atoms with Crippen LogP contribution in [0.4, 0.5) is 11.4 Å². The van der Waals surface area contributed by atoms with Crippen molar-refractivity contribution in [2.75, 3.05) is 23.3 Å². The molecule has 0 atom stereocenters. The zero-order chi connectivity index (χ0) is 16.0. The van der Waals surface area contributed by atoms with Gasteiger partial charge in [-0.15, -0.1) is 0 Å². The average molecular weight is 290 g/mol. The van der Waals surface area contributed by atoms with Crippen LogP contribution < -0.4 is 10.2 Å². The minimum absolute atomic E-state index is 0.0484. The molecule has 5 heteroatoms. The van der Waals surface area contributed by atoms with Crippen molar-refractivity contribution in [1.82, 2.24) is 0 Å². The van der Waals surface area contributed by atoms with E-state index in [-0.39, 0.29) is 11.1 Å². The van der Waals surface area contributed by atoms with Crippen molar-refractivity contribution in [3.63, 3.8) is 0 Å². The Balaban J connectivity index is 2.83. The molecule has 0 aliphatic rings. The van der Waals surface area contributed by atoms with Crippen LogP contribution in [-0.2, 0) is 9.59 Å². The van der Waals surface area contributed by atoms with Gasteiger partial charge in [0.05, 0.1) is 0 Å². The molecule has 114 valence electrons. The predicted octanol–water partition coefficient (Wildman–Crippen LogP) is 2.89. The summed E-state index contributed by atoms with van der Waals surface area (Å²) in [5.41, 5.74) is 1.99. The quantitative estimate of drug-likeness (QED) is 0.790. The van der Waals surface area contributed by atoms with E-state index in [1.807, 2.05) is 24.3 Å². The first-order chi connectivity index (χ1) is 9.90. The largest absolute Gasteiger partial charge is 0.478 e. The third kappa shape index (κ3) is 4.34. The van der Waals surface area contributed by atoms with Crippen LogP contribution in [0.15, 0.2) is 35.4 Å². The van der Waals surface area contributed by atoms with Crippen LogP contribution in [0.2, 0.25) is 0 Å². The molecule has 1 amide bonds. The number of aliphatic carboxylic acids is 1. The lowest BCUT2D eigenvalue weighted by Crippen LogP contribution is -2.21. The molecule has 0 unspecified atom stereocenters. The Morgan fingerprint density at radius 2 is 1.57 bits per heavy atom. The molecular formula is C16H22N2O3. The number of carbonyl (C=O) groups excluding carboxylic acids is 1. The van der Waals surface area contributed by atoms with Gasteiger partial charge in [-0.3, -0.25) is 4.79 Å². The van der Waals surface area contributed by atoms with Gasteiger partial charge < -0.3 is 15.3 Å². The molecule has 2 N–H and O–H groups in total. The molecule has 0 bridgehead atoms. The van der Waals surface area contributed by atoms with E-state index in [2.05, 4.69) is 24.1 Å². The molecule has 1 aromatic carbocycles. The molecule has 0 radical (unpaired) electrons. The second-order valence-electron chi connectivity index (χ2n) is 4.73. The van der Waals surface area contributed by atoms with E-state index in [1.54, 1.807) is 0 Å². The van der Waals surface area contributed by atoms with Crippen molar-refractivity contribution in [1.29, 1.82) is 0 Å². The van der Waals surface area contributed by atoms with Crippen LogP contribution in [0.25, 0.3) is 0 Å². The number of nitrogens with zero attached hydrogens (tertiary/aromatic N) is 1. The minimum atomic E-state index is -1.08. The standard InChI is InChI=1S/C16H22N2O3/c1-5-18(6-2)14-9-7-13(8-10-14)17-15(19)11(3)12(4)16(20)21/h7-10H,5-6H2,1-4H3,(H,17,19)(H,20,21)/b12-11-. The highest BCUT2D eigenvalue weighted by Gasteiger charge is 2.12. The minimum Gasteiger partial charge on any atom is -0.478 e. The second kappa shape index (κ2) is 7.47. The first-order valence-electron chi connectivity index (χ1n) is 6.97. The van der Waals surface area contributed by atoms with E-state index >= 15 is 0 Å². The topological polar surface area (TPSA) is 69.6 Å². The first kappa shape index (κ1) is 16.8. The van der Waals surface area contributed by atoms with Gasteiger partial charge in [-0.05, 0) is 52.0 Å². The van der Waals surface area contributed by atoms with Gasteiger partial charge in [0.15, 0.2) is 0 Å². The van der Waals surface area contributed by atoms with Crippen molar-refractivity contribution < 1.29 is 14.7 Å². The SMILES string of the molecule is CCN(CC)c1ccc(NC(=O)/C(C)=C(/C)C(=O)O)cc1. The van der Waals surface area contributed by atoms with Crippen LogP contribution in [-0.4, -0.2) is 30.1 Å². The zero-order valence-corrected chi connectivity index (χ0v) is 12.9. The molecule has 0 aliphatic heterocycles. The predicted molar refractivity (Wildman–Crippen MR) is 84.6 cm³/mol. The fraction of sp³-hybridized carbons (Fsp3) is 0.375. The Morgan fingerprint density at radius 1 is 1.05 bits per heavy atom. The van der Waals surface area contributed by atoms with Crippen LogP contribution in [0, 0.1) is 0 Å². The third-order valence-corrected chi connectivity index (χ3v) is 3.48. The lowest BCUT2D eigenvalue weighted by Gasteiger charge is -2.21. The number of carboxylic acid groups (broad SMARTS) is 1. The highest BCUT2D eigenvalue weighted by Crippen LogP contribution is 2.18. The summed E-state index contributed by atoms with van der Waals surface area (Å²) in [5.74, 6) is -1.48. The number of benzene rings is 1. The van der Waals surface area contributed by atoms with Gasteiger partial charge >= 0.3 is 5.97 Å². The number of rotatable bonds is 6. The van der Waals surface area contributed by atoms with Crippen LogP contribution in [0.1, 0.15) is 27.7 Å². The highest BCUT2D eigenvalue weighted by molar-refractivity contribution is 6.08. The summed E-state index contributed by atoms with van der Waals surface area (Å²) in [7, 11) is 0. The normalized spacial score (nSPS) is 11.6. The van der Waals surface area contributed by atoms with Gasteiger partial charge in [-0.1, -0.05) is 0 Å². The van der Waals surface area contributed by atoms with E-state index < -0.39 is 11.9 Å². The molecule has 1 rings (SSSR count). The summed E-state index contributed by atoms with van der Waals surface area (Å²) in [6.07, 6.45) is 0. The highest BCUT2D eigenvalue weighted by atomic mass is 16.4. The molecule has 0 heterocycles. The van der Waals surface area contributed by atoms with Crippen LogP contribution in [0.3, 0.4) is 0 Å². The van der Waals surface area contributed by atoms with Crippen molar-refractivity contribution in [2.45, 2.75) is 27.7 Å². The Labute approximate surface area is 125 Å². The molecule has 0 aromatic heterocycles. The molecule has 1 aromatic rings. The summed E-state index contributed by atoms with van der Waals surface area (Å²) in [4.78, 5) is 25.0. The number of anilines is 2. The van der Waals surface area contributed by atoms with Crippen LogP contribution in [0.5, 0.6) is 0 Å². The Kier molecular flexibility index (Phi) is 5.96. The van der Waals surface area contributed by atoms with Gasteiger partial charge in [-0.25, -0.2) is 4.79 Å². The van der Waals surface area contributed by atoms with E-state index in [0.29, 0.717) is 5.69 Å². The fourth-order valence-electron chi connectivity index (χ4n) is 1.90. The molecule has 5 nitrogen and oxygen atoms in total. The van der Waals surface area contributed by atoms with E-state index in [1.165, 1.54) is 13.8 Å². The Morgan fingerprint density at radius 3 is 2.00 bits per heavy atom. The van der Waals surface area contributed by atoms with Gasteiger partial charge in [0.1, 0.15) is 0 Å². The lowest BCUT2D eigenvalue weighted by molar-refractivity contribution is -0.133. The maximum atomic E-state index is 11.9. The van der Waals surface area contributed by atoms with E-state index in [4.69, 9.17) is 5.11 Å². The van der Waals surface area contributed by atoms with E-state index in [0.717, 1.165) is 18.8 Å². The van der Waals surface area contributed by atoms with Gasteiger partial charge in [0, 0.05) is 35.6 Å². The maximum absolute atomic E-state index is 11.9. The number of nitrogens with one attached hydrogen (secondary N) is 1. The summed E-state index contributed by atoms with van der Waals surface area (Å²) in [6, 6.07) is 7.50. The number of hydrogen-bond acceptors (Lipinski definition) is 3.